The molecule has 0 saturated heterocycles. The molecule has 2 bridgehead atoms. The molecule has 1 heterocycles. The molecule has 1 aromatic heterocycles. The Morgan fingerprint density at radius 2 is 1.68 bits per heavy atom. The van der Waals surface area contributed by atoms with Crippen molar-refractivity contribution in [2.75, 3.05) is 19.7 Å². The molecule has 0 radical (unpaired) electrons. The Kier molecular flexibility index (Phi) is 14.3. The highest BCUT2D eigenvalue weighted by Crippen LogP contribution is 2.59. The van der Waals surface area contributed by atoms with Gasteiger partial charge in [0.25, 0.3) is 0 Å². The fraction of sp³-hybridized carbons (Fsp3) is 0.392. The Bertz CT molecular complexity index is 2330. The monoisotopic (exact) mass is 869 g/mol. The summed E-state index contributed by atoms with van der Waals surface area (Å²) in [6, 6.07) is 31.3. The number of rotatable bonds is 13. The summed E-state index contributed by atoms with van der Waals surface area (Å²) in [7, 11) is 0. The standard InChI is InChI=1S/C51H55ClF3NO6/c1-34-10-9-24-49(2)44(23-25-50(49,60)33-56(29-35-11-5-3-6-12-35)30-40(58)32-61-31-36-13-7-4-8-14-36)41-19-16-37(26-39(57)18-15-34)27-42(41)48(59)47-22-21-46(62-47)43-28-38(51(53,54)55)17-20-45(43)52/h3-8,10-14,16-17,19-22,27-28,39-40,44,57-58,60H,9,15,18,23-26,29-33H2,1-2H3. The zero-order chi connectivity index (χ0) is 44.1. The number of hydrogen-bond donors (Lipinski definition) is 3. The van der Waals surface area contributed by atoms with Gasteiger partial charge in [-0.05, 0) is 116 Å². The van der Waals surface area contributed by atoms with Gasteiger partial charge >= 0.3 is 6.18 Å². The first kappa shape index (κ1) is 45.5. The molecule has 328 valence electrons. The number of nitrogens with zero attached hydrogens (tertiary/aromatic N) is 1. The molecule has 1 saturated carbocycles. The Morgan fingerprint density at radius 1 is 0.952 bits per heavy atom. The number of halogens is 4. The number of benzene rings is 4. The van der Waals surface area contributed by atoms with Crippen molar-refractivity contribution in [3.63, 3.8) is 0 Å². The predicted molar refractivity (Wildman–Crippen MR) is 235 cm³/mol. The zero-order valence-electron chi connectivity index (χ0n) is 35.2. The molecule has 3 aliphatic carbocycles. The topological polar surface area (TPSA) is 103 Å². The van der Waals surface area contributed by atoms with Gasteiger partial charge in [-0.1, -0.05) is 103 Å². The smallest absolute Gasteiger partial charge is 0.416 e. The number of ketones is 1. The van der Waals surface area contributed by atoms with Crippen LogP contribution >= 0.6 is 11.6 Å². The van der Waals surface area contributed by atoms with E-state index in [2.05, 4.69) is 24.8 Å². The molecule has 5 aromatic rings. The lowest BCUT2D eigenvalue weighted by Crippen LogP contribution is -2.53. The maximum absolute atomic E-state index is 14.7. The van der Waals surface area contributed by atoms with Crippen LogP contribution in [-0.4, -0.2) is 63.5 Å². The van der Waals surface area contributed by atoms with E-state index in [1.165, 1.54) is 12.1 Å². The molecule has 7 nitrogen and oxygen atoms in total. The highest BCUT2D eigenvalue weighted by atomic mass is 35.5. The number of furan rings is 1. The fourth-order valence-electron chi connectivity index (χ4n) is 9.46. The first-order chi connectivity index (χ1) is 29.6. The van der Waals surface area contributed by atoms with Crippen LogP contribution in [0.15, 0.2) is 125 Å². The van der Waals surface area contributed by atoms with Crippen LogP contribution in [0.5, 0.6) is 0 Å². The third-order valence-corrected chi connectivity index (χ3v) is 13.3. The van der Waals surface area contributed by atoms with E-state index >= 15 is 0 Å². The molecule has 0 spiro atoms. The van der Waals surface area contributed by atoms with E-state index in [-0.39, 0.29) is 47.7 Å². The van der Waals surface area contributed by atoms with Crippen LogP contribution in [0.4, 0.5) is 13.2 Å². The Hall–Kier alpha value is -4.55. The highest BCUT2D eigenvalue weighted by molar-refractivity contribution is 6.33. The van der Waals surface area contributed by atoms with Crippen LogP contribution in [0, 0.1) is 5.41 Å². The van der Waals surface area contributed by atoms with Gasteiger partial charge in [0, 0.05) is 36.2 Å². The third kappa shape index (κ3) is 10.6. The molecule has 0 aliphatic heterocycles. The molecular formula is C51H55ClF3NO6. The number of fused-ring (bicyclic) bond motifs is 8. The highest BCUT2D eigenvalue weighted by Gasteiger charge is 2.57. The maximum Gasteiger partial charge on any atom is 0.416 e. The van der Waals surface area contributed by atoms with Crippen LogP contribution in [0.3, 0.4) is 0 Å². The van der Waals surface area contributed by atoms with E-state index in [0.717, 1.165) is 46.0 Å². The van der Waals surface area contributed by atoms with Gasteiger partial charge in [0.2, 0.25) is 5.78 Å². The summed E-state index contributed by atoms with van der Waals surface area (Å²) in [6.45, 7) is 5.64. The van der Waals surface area contributed by atoms with Gasteiger partial charge in [-0.2, -0.15) is 13.2 Å². The molecule has 62 heavy (non-hydrogen) atoms. The summed E-state index contributed by atoms with van der Waals surface area (Å²) in [4.78, 5) is 16.8. The molecule has 5 unspecified atom stereocenters. The van der Waals surface area contributed by atoms with E-state index < -0.39 is 40.7 Å². The number of carbonyl (C=O) groups excluding carboxylic acids is 1. The number of allylic oxidation sites excluding steroid dienone is 2. The van der Waals surface area contributed by atoms with Gasteiger partial charge in [-0.3, -0.25) is 9.69 Å². The molecule has 3 N–H and O–H groups in total. The van der Waals surface area contributed by atoms with Crippen molar-refractivity contribution >= 4 is 17.4 Å². The van der Waals surface area contributed by atoms with Crippen molar-refractivity contribution in [3.8, 4) is 11.3 Å². The summed E-state index contributed by atoms with van der Waals surface area (Å²) >= 11 is 6.36. The van der Waals surface area contributed by atoms with Crippen molar-refractivity contribution in [1.29, 1.82) is 0 Å². The Balaban J connectivity index is 1.23. The van der Waals surface area contributed by atoms with Crippen molar-refractivity contribution in [3.05, 3.63) is 165 Å². The molecule has 8 rings (SSSR count). The van der Waals surface area contributed by atoms with Crippen molar-refractivity contribution in [1.82, 2.24) is 4.90 Å². The number of alkyl halides is 3. The second-order valence-electron chi connectivity index (χ2n) is 17.4. The predicted octanol–water partition coefficient (Wildman–Crippen LogP) is 11.0. The van der Waals surface area contributed by atoms with Crippen molar-refractivity contribution in [2.24, 2.45) is 5.41 Å². The van der Waals surface area contributed by atoms with Gasteiger partial charge in [0.05, 0.1) is 41.6 Å². The van der Waals surface area contributed by atoms with Crippen LogP contribution in [0.25, 0.3) is 11.3 Å². The first-order valence-corrected chi connectivity index (χ1v) is 21.8. The first-order valence-electron chi connectivity index (χ1n) is 21.4. The second-order valence-corrected chi connectivity index (χ2v) is 17.9. The zero-order valence-corrected chi connectivity index (χ0v) is 36.0. The quantitative estimate of drug-likeness (QED) is 0.0800. The SMILES string of the molecule is CC1=CCCC2(C)C(CCC2(O)CN(Cc2ccccc2)CC(O)COCc2ccccc2)c2ccc(cc2C(=O)c2ccc(-c3cc(C(F)(F)F)ccc3Cl)o2)CC(O)CC1. The summed E-state index contributed by atoms with van der Waals surface area (Å²) in [6.07, 6.45) is -0.131. The van der Waals surface area contributed by atoms with Gasteiger partial charge in [0.15, 0.2) is 5.76 Å². The lowest BCUT2D eigenvalue weighted by atomic mass is 9.64. The molecule has 5 atom stereocenters. The van der Waals surface area contributed by atoms with E-state index in [1.54, 1.807) is 6.07 Å². The number of hydrogen-bond acceptors (Lipinski definition) is 7. The summed E-state index contributed by atoms with van der Waals surface area (Å²) < 4.78 is 53.0. The van der Waals surface area contributed by atoms with Crippen LogP contribution < -0.4 is 0 Å². The van der Waals surface area contributed by atoms with E-state index in [1.807, 2.05) is 72.8 Å². The summed E-state index contributed by atoms with van der Waals surface area (Å²) in [5.41, 5.74) is 2.11. The number of aliphatic hydroxyl groups excluding tert-OH is 2. The van der Waals surface area contributed by atoms with Crippen LogP contribution in [0.1, 0.15) is 102 Å². The maximum atomic E-state index is 14.7. The van der Waals surface area contributed by atoms with E-state index in [9.17, 15) is 33.3 Å². The molecule has 0 amide bonds. The molecule has 11 heteroatoms. The third-order valence-electron chi connectivity index (χ3n) is 12.9. The average Bonchev–Trinajstić information content (AvgIpc) is 3.82. The second kappa shape index (κ2) is 19.5. The minimum absolute atomic E-state index is 0.0109. The fourth-order valence-corrected chi connectivity index (χ4v) is 9.67. The van der Waals surface area contributed by atoms with E-state index in [0.29, 0.717) is 63.7 Å². The largest absolute Gasteiger partial charge is 0.453 e. The van der Waals surface area contributed by atoms with Gasteiger partial charge in [-0.25, -0.2) is 0 Å². The van der Waals surface area contributed by atoms with Gasteiger partial charge in [0.1, 0.15) is 5.76 Å². The normalized spacial score (nSPS) is 22.6. The minimum atomic E-state index is -4.61. The summed E-state index contributed by atoms with van der Waals surface area (Å²) in [5.74, 6) is -0.810. The number of ether oxygens (including phenoxy) is 1. The Morgan fingerprint density at radius 3 is 2.40 bits per heavy atom. The van der Waals surface area contributed by atoms with Crippen LogP contribution in [0.2, 0.25) is 5.02 Å². The lowest BCUT2D eigenvalue weighted by Gasteiger charge is -2.46. The Labute approximate surface area is 366 Å². The molecule has 4 aromatic carbocycles. The molecule has 3 aliphatic rings. The number of carbonyl (C=O) groups is 1. The summed E-state index contributed by atoms with van der Waals surface area (Å²) in [5, 5.41) is 35.6. The molecule has 1 fully saturated rings. The van der Waals surface area contributed by atoms with E-state index in [4.69, 9.17) is 20.8 Å². The minimum Gasteiger partial charge on any atom is -0.453 e. The average molecular weight is 870 g/mol. The van der Waals surface area contributed by atoms with Gasteiger partial charge < -0.3 is 24.5 Å². The molecular weight excluding hydrogens is 815 g/mol. The van der Waals surface area contributed by atoms with Gasteiger partial charge in [-0.15, -0.1) is 0 Å². The lowest BCUT2D eigenvalue weighted by molar-refractivity contribution is -0.137. The number of aliphatic hydroxyl groups is 3. The van der Waals surface area contributed by atoms with Crippen molar-refractivity contribution in [2.45, 2.75) is 102 Å². The van der Waals surface area contributed by atoms with Crippen LogP contribution in [-0.2, 0) is 30.5 Å². The van der Waals surface area contributed by atoms with Crippen molar-refractivity contribution < 1.29 is 42.4 Å².